The Kier molecular flexibility index (Phi) is 5.43. The summed E-state index contributed by atoms with van der Waals surface area (Å²) in [6.07, 6.45) is 0.0350. The Hall–Kier alpha value is -0.970. The van der Waals surface area contributed by atoms with Crippen molar-refractivity contribution >= 4 is 29.7 Å². The van der Waals surface area contributed by atoms with Crippen LogP contribution in [0.1, 0.15) is 20.3 Å². The topological polar surface area (TPSA) is 114 Å². The Morgan fingerprint density at radius 1 is 1.17 bits per heavy atom. The minimum Gasteiger partial charge on any atom is -0.229 e. The summed E-state index contributed by atoms with van der Waals surface area (Å²) in [7, 11) is -11.1. The molecular weight excluding hydrogens is 374 g/mol. The Labute approximate surface area is 143 Å². The molecule has 0 aromatic heterocycles. The average Bonchev–Trinajstić information content (AvgIpc) is 2.86. The van der Waals surface area contributed by atoms with Gasteiger partial charge in [0.2, 0.25) is 10.0 Å². The lowest BCUT2D eigenvalue weighted by Crippen LogP contribution is -2.28. The molecule has 1 N–H and O–H groups in total. The normalized spacial score (nSPS) is 21.2. The molecule has 0 saturated carbocycles. The highest BCUT2D eigenvalue weighted by Gasteiger charge is 2.38. The van der Waals surface area contributed by atoms with Crippen molar-refractivity contribution in [1.82, 2.24) is 4.72 Å². The van der Waals surface area contributed by atoms with Gasteiger partial charge in [0.25, 0.3) is 0 Å². The number of benzene rings is 1. The molecule has 0 aliphatic carbocycles. The van der Waals surface area contributed by atoms with Crippen LogP contribution in [-0.4, -0.2) is 48.6 Å². The van der Waals surface area contributed by atoms with Crippen LogP contribution in [0.25, 0.3) is 0 Å². The van der Waals surface area contributed by atoms with Crippen molar-refractivity contribution in [3.63, 3.8) is 0 Å². The summed E-state index contributed by atoms with van der Waals surface area (Å²) in [5, 5.41) is -1.02. The first-order valence-corrected chi connectivity index (χ1v) is 12.3. The van der Waals surface area contributed by atoms with Gasteiger partial charge in [0.1, 0.15) is 0 Å². The van der Waals surface area contributed by atoms with Gasteiger partial charge in [-0.25, -0.2) is 30.0 Å². The van der Waals surface area contributed by atoms with Crippen LogP contribution in [0.4, 0.5) is 0 Å². The van der Waals surface area contributed by atoms with Gasteiger partial charge in [-0.15, -0.1) is 0 Å². The van der Waals surface area contributed by atoms with Gasteiger partial charge >= 0.3 is 0 Å². The highest BCUT2D eigenvalue weighted by atomic mass is 32.2. The lowest BCUT2D eigenvalue weighted by molar-refractivity contribution is 0.559. The van der Waals surface area contributed by atoms with Gasteiger partial charge in [-0.05, 0) is 30.5 Å². The predicted octanol–water partition coefficient (Wildman–Crippen LogP) is 0.582. The highest BCUT2D eigenvalue weighted by molar-refractivity contribution is 7.96. The first-order valence-electron chi connectivity index (χ1n) is 7.48. The molecule has 2 rings (SSSR count). The van der Waals surface area contributed by atoms with Gasteiger partial charge in [0.05, 0.1) is 26.5 Å². The van der Waals surface area contributed by atoms with Gasteiger partial charge in [0.15, 0.2) is 19.7 Å². The molecule has 1 aliphatic heterocycles. The smallest absolute Gasteiger partial charge is 0.229 e. The van der Waals surface area contributed by atoms with Gasteiger partial charge in [-0.3, -0.25) is 0 Å². The number of hydrogen-bond acceptors (Lipinski definition) is 6. The summed E-state index contributed by atoms with van der Waals surface area (Å²) in [5.74, 6) is -0.474. The second-order valence-corrected chi connectivity index (χ2v) is 12.5. The van der Waals surface area contributed by atoms with E-state index in [2.05, 4.69) is 4.72 Å². The summed E-state index contributed by atoms with van der Waals surface area (Å²) in [6, 6.07) is 5.04. The molecule has 0 spiro atoms. The van der Waals surface area contributed by atoms with E-state index in [1.165, 1.54) is 18.2 Å². The predicted molar refractivity (Wildman–Crippen MR) is 90.7 cm³/mol. The fraction of sp³-hybridized carbons (Fsp3) is 0.571. The lowest BCUT2D eigenvalue weighted by atomic mass is 10.2. The van der Waals surface area contributed by atoms with Crippen LogP contribution in [0.3, 0.4) is 0 Å². The molecule has 0 bridgehead atoms. The van der Waals surface area contributed by atoms with Crippen LogP contribution in [0, 0.1) is 5.92 Å². The van der Waals surface area contributed by atoms with Gasteiger partial charge in [-0.1, -0.05) is 19.9 Å². The van der Waals surface area contributed by atoms with Gasteiger partial charge in [-0.2, -0.15) is 0 Å². The molecule has 1 aliphatic rings. The van der Waals surface area contributed by atoms with E-state index in [1.54, 1.807) is 0 Å². The molecule has 1 saturated heterocycles. The molecule has 0 unspecified atom stereocenters. The van der Waals surface area contributed by atoms with Crippen LogP contribution in [0.2, 0.25) is 0 Å². The first kappa shape index (κ1) is 19.4. The molecule has 0 radical (unpaired) electrons. The number of sulfonamides is 1. The first-order chi connectivity index (χ1) is 10.9. The van der Waals surface area contributed by atoms with E-state index in [4.69, 9.17) is 0 Å². The molecule has 24 heavy (non-hydrogen) atoms. The molecule has 1 atom stereocenters. The third-order valence-electron chi connectivity index (χ3n) is 3.76. The van der Waals surface area contributed by atoms with Crippen molar-refractivity contribution in [2.75, 3.05) is 18.1 Å². The maximum absolute atomic E-state index is 12.6. The molecule has 10 heteroatoms. The maximum atomic E-state index is 12.6. The summed E-state index contributed by atoms with van der Waals surface area (Å²) >= 11 is 0. The second-order valence-electron chi connectivity index (χ2n) is 6.29. The van der Waals surface area contributed by atoms with Crippen molar-refractivity contribution in [2.24, 2.45) is 5.92 Å². The Balaban J connectivity index is 2.34. The van der Waals surface area contributed by atoms with E-state index in [9.17, 15) is 25.3 Å². The SMILES string of the molecule is CC(C)CNS(=O)(=O)c1cccc(S(=O)(=O)[C@H]2CCS(=O)(=O)C2)c1. The monoisotopic (exact) mass is 395 g/mol. The van der Waals surface area contributed by atoms with Crippen molar-refractivity contribution in [3.8, 4) is 0 Å². The fourth-order valence-electron chi connectivity index (χ4n) is 2.38. The summed E-state index contributed by atoms with van der Waals surface area (Å²) in [6.45, 7) is 3.94. The molecule has 136 valence electrons. The van der Waals surface area contributed by atoms with Crippen LogP contribution in [0.5, 0.6) is 0 Å². The molecular formula is C14H21NO6S3. The quantitative estimate of drug-likeness (QED) is 0.754. The Bertz CT molecular complexity index is 917. The number of hydrogen-bond donors (Lipinski definition) is 1. The number of nitrogens with one attached hydrogen (secondary N) is 1. The molecule has 0 amide bonds. The highest BCUT2D eigenvalue weighted by Crippen LogP contribution is 2.26. The minimum absolute atomic E-state index is 0.0350. The third kappa shape index (κ3) is 4.35. The van der Waals surface area contributed by atoms with Crippen LogP contribution < -0.4 is 4.72 Å². The van der Waals surface area contributed by atoms with E-state index in [1.807, 2.05) is 13.8 Å². The molecule has 1 heterocycles. The van der Waals surface area contributed by atoms with E-state index in [0.29, 0.717) is 0 Å². The van der Waals surface area contributed by atoms with Gasteiger partial charge in [0, 0.05) is 6.54 Å². The third-order valence-corrected chi connectivity index (χ3v) is 9.35. The van der Waals surface area contributed by atoms with E-state index < -0.39 is 40.7 Å². The van der Waals surface area contributed by atoms with Gasteiger partial charge < -0.3 is 0 Å². The van der Waals surface area contributed by atoms with E-state index >= 15 is 0 Å². The maximum Gasteiger partial charge on any atom is 0.240 e. The van der Waals surface area contributed by atoms with Crippen molar-refractivity contribution < 1.29 is 25.3 Å². The van der Waals surface area contributed by atoms with Crippen molar-refractivity contribution in [3.05, 3.63) is 24.3 Å². The van der Waals surface area contributed by atoms with Crippen LogP contribution in [0.15, 0.2) is 34.1 Å². The fourth-order valence-corrected chi connectivity index (χ4v) is 8.11. The molecule has 1 aromatic rings. The summed E-state index contributed by atoms with van der Waals surface area (Å²) < 4.78 is 75.1. The molecule has 7 nitrogen and oxygen atoms in total. The van der Waals surface area contributed by atoms with Crippen LogP contribution >= 0.6 is 0 Å². The zero-order valence-corrected chi connectivity index (χ0v) is 15.9. The minimum atomic E-state index is -3.90. The zero-order chi connectivity index (χ0) is 18.2. The zero-order valence-electron chi connectivity index (χ0n) is 13.5. The Morgan fingerprint density at radius 3 is 2.33 bits per heavy atom. The van der Waals surface area contributed by atoms with Crippen molar-refractivity contribution in [2.45, 2.75) is 35.3 Å². The van der Waals surface area contributed by atoms with E-state index in [-0.39, 0.29) is 34.4 Å². The molecule has 1 aromatic carbocycles. The largest absolute Gasteiger partial charge is 0.240 e. The standard InChI is InChI=1S/C14H21NO6S3/c1-11(2)9-15-24(20,21)13-5-3-4-12(8-13)23(18,19)14-6-7-22(16,17)10-14/h3-5,8,11,14-15H,6-7,9-10H2,1-2H3/t14-/m0/s1. The van der Waals surface area contributed by atoms with Crippen LogP contribution in [-0.2, 0) is 29.7 Å². The average molecular weight is 396 g/mol. The second kappa shape index (κ2) is 6.74. The van der Waals surface area contributed by atoms with E-state index in [0.717, 1.165) is 6.07 Å². The summed E-state index contributed by atoms with van der Waals surface area (Å²) in [5.41, 5.74) is 0. The number of rotatable bonds is 6. The molecule has 1 fully saturated rings. The number of sulfone groups is 2. The summed E-state index contributed by atoms with van der Waals surface area (Å²) in [4.78, 5) is -0.317. The van der Waals surface area contributed by atoms with Crippen molar-refractivity contribution in [1.29, 1.82) is 0 Å². The Morgan fingerprint density at radius 2 is 1.79 bits per heavy atom. The lowest BCUT2D eigenvalue weighted by Gasteiger charge is -2.12.